The second-order valence-electron chi connectivity index (χ2n) is 6.50. The van der Waals surface area contributed by atoms with Gasteiger partial charge in [-0.3, -0.25) is 4.79 Å². The zero-order chi connectivity index (χ0) is 14.3. The molecule has 2 nitrogen and oxygen atoms in total. The Bertz CT molecular complexity index is 453. The van der Waals surface area contributed by atoms with E-state index in [0.717, 1.165) is 5.56 Å². The predicted molar refractivity (Wildman–Crippen MR) is 79.1 cm³/mol. The van der Waals surface area contributed by atoms with Crippen molar-refractivity contribution in [1.82, 2.24) is 5.32 Å². The van der Waals surface area contributed by atoms with E-state index in [9.17, 15) is 4.79 Å². The quantitative estimate of drug-likeness (QED) is 0.836. The van der Waals surface area contributed by atoms with E-state index in [0.29, 0.717) is 6.54 Å². The van der Waals surface area contributed by atoms with Gasteiger partial charge < -0.3 is 5.32 Å². The average Bonchev–Trinajstić information content (AvgIpc) is 2.77. The molecule has 1 aromatic carbocycles. The van der Waals surface area contributed by atoms with Crippen LogP contribution < -0.4 is 5.32 Å². The Labute approximate surface area is 120 Å². The molecule has 3 heteroatoms. The minimum absolute atomic E-state index is 0.0750. The molecule has 1 aliphatic rings. The Balaban J connectivity index is 1.89. The molecular weight excluding hydrogens is 258 g/mol. The number of halogens is 1. The third-order valence-electron chi connectivity index (χ3n) is 4.90. The van der Waals surface area contributed by atoms with Crippen LogP contribution in [0.4, 0.5) is 0 Å². The molecule has 1 aromatic rings. The van der Waals surface area contributed by atoms with E-state index in [4.69, 9.17) is 11.6 Å². The molecule has 0 spiro atoms. The van der Waals surface area contributed by atoms with Crippen molar-refractivity contribution >= 4 is 17.5 Å². The Morgan fingerprint density at radius 2 is 1.74 bits per heavy atom. The predicted octanol–water partition coefficient (Wildman–Crippen LogP) is 3.76. The molecule has 0 heterocycles. The summed E-state index contributed by atoms with van der Waals surface area (Å²) in [7, 11) is 0. The summed E-state index contributed by atoms with van der Waals surface area (Å²) in [5, 5.41) is 2.81. The van der Waals surface area contributed by atoms with Gasteiger partial charge in [-0.1, -0.05) is 58.0 Å². The Morgan fingerprint density at radius 3 is 2.21 bits per heavy atom. The third-order valence-corrected chi connectivity index (χ3v) is 5.31. The Hall–Kier alpha value is -1.02. The van der Waals surface area contributed by atoms with Gasteiger partial charge in [0.15, 0.2) is 0 Å². The molecule has 19 heavy (non-hydrogen) atoms. The maximum atomic E-state index is 12.2. The molecule has 1 atom stereocenters. The molecule has 1 fully saturated rings. The van der Waals surface area contributed by atoms with Crippen molar-refractivity contribution in [2.75, 3.05) is 6.54 Å². The SMILES string of the molecule is CC1(C)C(C(=O)NCC(Cl)c2ccccc2)C1(C)C. The van der Waals surface area contributed by atoms with Crippen LogP contribution in [0.1, 0.15) is 38.6 Å². The van der Waals surface area contributed by atoms with E-state index in [2.05, 4.69) is 33.0 Å². The van der Waals surface area contributed by atoms with Crippen molar-refractivity contribution in [3.05, 3.63) is 35.9 Å². The number of carbonyl (C=O) groups is 1. The summed E-state index contributed by atoms with van der Waals surface area (Å²) < 4.78 is 0. The summed E-state index contributed by atoms with van der Waals surface area (Å²) in [4.78, 5) is 12.2. The topological polar surface area (TPSA) is 29.1 Å². The van der Waals surface area contributed by atoms with Crippen molar-refractivity contribution < 1.29 is 4.79 Å². The van der Waals surface area contributed by atoms with Gasteiger partial charge in [0.25, 0.3) is 0 Å². The Kier molecular flexibility index (Phi) is 3.65. The van der Waals surface area contributed by atoms with Crippen molar-refractivity contribution in [2.24, 2.45) is 16.7 Å². The molecular formula is C16H22ClNO. The van der Waals surface area contributed by atoms with Crippen LogP contribution in [0.15, 0.2) is 30.3 Å². The van der Waals surface area contributed by atoms with Crippen LogP contribution in [0.5, 0.6) is 0 Å². The fourth-order valence-corrected chi connectivity index (χ4v) is 3.15. The van der Waals surface area contributed by atoms with E-state index in [-0.39, 0.29) is 28.0 Å². The lowest BCUT2D eigenvalue weighted by atomic mass is 10.0. The monoisotopic (exact) mass is 279 g/mol. The lowest BCUT2D eigenvalue weighted by Gasteiger charge is -2.12. The number of nitrogens with one attached hydrogen (secondary N) is 1. The standard InChI is InChI=1S/C16H22ClNO/c1-15(2)13(16(15,3)4)14(19)18-10-12(17)11-8-6-5-7-9-11/h5-9,12-13H,10H2,1-4H3,(H,18,19). The normalized spacial score (nSPS) is 21.7. The van der Waals surface area contributed by atoms with Crippen LogP contribution in [-0.4, -0.2) is 12.5 Å². The van der Waals surface area contributed by atoms with Crippen LogP contribution in [0.3, 0.4) is 0 Å². The molecule has 0 aromatic heterocycles. The van der Waals surface area contributed by atoms with Gasteiger partial charge in [-0.2, -0.15) is 0 Å². The molecule has 0 saturated heterocycles. The molecule has 1 aliphatic carbocycles. The lowest BCUT2D eigenvalue weighted by molar-refractivity contribution is -0.123. The van der Waals surface area contributed by atoms with Crippen LogP contribution in [0, 0.1) is 16.7 Å². The maximum absolute atomic E-state index is 12.2. The highest BCUT2D eigenvalue weighted by molar-refractivity contribution is 6.21. The first-order valence-corrected chi connectivity index (χ1v) is 7.19. The zero-order valence-electron chi connectivity index (χ0n) is 12.0. The molecule has 1 saturated carbocycles. The van der Waals surface area contributed by atoms with Crippen molar-refractivity contribution in [2.45, 2.75) is 33.1 Å². The molecule has 0 bridgehead atoms. The second-order valence-corrected chi connectivity index (χ2v) is 7.03. The number of rotatable bonds is 4. The van der Waals surface area contributed by atoms with Gasteiger partial charge in [0.2, 0.25) is 5.91 Å². The van der Waals surface area contributed by atoms with Crippen molar-refractivity contribution in [1.29, 1.82) is 0 Å². The molecule has 104 valence electrons. The number of amides is 1. The summed E-state index contributed by atoms with van der Waals surface area (Å²) >= 11 is 6.30. The third kappa shape index (κ3) is 2.51. The molecule has 1 N–H and O–H groups in total. The van der Waals surface area contributed by atoms with E-state index in [1.165, 1.54) is 0 Å². The van der Waals surface area contributed by atoms with Crippen molar-refractivity contribution in [3.8, 4) is 0 Å². The van der Waals surface area contributed by atoms with Gasteiger partial charge in [0.05, 0.1) is 5.38 Å². The minimum atomic E-state index is -0.171. The van der Waals surface area contributed by atoms with Gasteiger partial charge in [0, 0.05) is 12.5 Å². The summed E-state index contributed by atoms with van der Waals surface area (Å²) in [6.45, 7) is 9.06. The average molecular weight is 280 g/mol. The van der Waals surface area contributed by atoms with Crippen LogP contribution in [0.25, 0.3) is 0 Å². The molecule has 2 rings (SSSR count). The van der Waals surface area contributed by atoms with Crippen molar-refractivity contribution in [3.63, 3.8) is 0 Å². The van der Waals surface area contributed by atoms with Gasteiger partial charge in [-0.25, -0.2) is 0 Å². The molecule has 1 amide bonds. The van der Waals surface area contributed by atoms with E-state index < -0.39 is 0 Å². The van der Waals surface area contributed by atoms with Crippen LogP contribution in [0.2, 0.25) is 0 Å². The van der Waals surface area contributed by atoms with Crippen LogP contribution >= 0.6 is 11.6 Å². The Morgan fingerprint density at radius 1 is 1.21 bits per heavy atom. The van der Waals surface area contributed by atoms with E-state index in [1.54, 1.807) is 0 Å². The zero-order valence-corrected chi connectivity index (χ0v) is 12.8. The largest absolute Gasteiger partial charge is 0.354 e. The van der Waals surface area contributed by atoms with Gasteiger partial charge >= 0.3 is 0 Å². The lowest BCUT2D eigenvalue weighted by Crippen LogP contribution is -2.30. The second kappa shape index (κ2) is 4.82. The van der Waals surface area contributed by atoms with E-state index in [1.807, 2.05) is 30.3 Å². The highest BCUT2D eigenvalue weighted by Crippen LogP contribution is 2.68. The van der Waals surface area contributed by atoms with Gasteiger partial charge in [0.1, 0.15) is 0 Å². The van der Waals surface area contributed by atoms with Crippen LogP contribution in [-0.2, 0) is 4.79 Å². The van der Waals surface area contributed by atoms with E-state index >= 15 is 0 Å². The number of benzene rings is 1. The van der Waals surface area contributed by atoms with Gasteiger partial charge in [-0.15, -0.1) is 11.6 Å². The van der Waals surface area contributed by atoms with Gasteiger partial charge in [-0.05, 0) is 16.4 Å². The highest BCUT2D eigenvalue weighted by atomic mass is 35.5. The number of carbonyl (C=O) groups excluding carboxylic acids is 1. The fraction of sp³-hybridized carbons (Fsp3) is 0.562. The summed E-state index contributed by atoms with van der Waals surface area (Å²) in [5.41, 5.74) is 1.19. The molecule has 1 unspecified atom stereocenters. The first-order valence-electron chi connectivity index (χ1n) is 6.75. The highest BCUT2D eigenvalue weighted by Gasteiger charge is 2.68. The molecule has 0 aliphatic heterocycles. The smallest absolute Gasteiger partial charge is 0.224 e. The maximum Gasteiger partial charge on any atom is 0.224 e. The fourth-order valence-electron chi connectivity index (χ4n) is 2.92. The number of hydrogen-bond acceptors (Lipinski definition) is 1. The summed E-state index contributed by atoms with van der Waals surface area (Å²) in [6, 6.07) is 9.84. The summed E-state index contributed by atoms with van der Waals surface area (Å²) in [6.07, 6.45) is 0. The summed E-state index contributed by atoms with van der Waals surface area (Å²) in [5.74, 6) is 0.205. The number of hydrogen-bond donors (Lipinski definition) is 1. The molecule has 0 radical (unpaired) electrons. The first kappa shape index (κ1) is 14.4. The first-order chi connectivity index (χ1) is 8.78. The minimum Gasteiger partial charge on any atom is -0.354 e. The number of alkyl halides is 1.